The number of hydrogen-bond acceptors (Lipinski definition) is 4. The molecular formula is C13H31N3O. The molecule has 2 N–H and O–H groups in total. The third-order valence-electron chi connectivity index (χ3n) is 2.76. The van der Waals surface area contributed by atoms with E-state index in [0.29, 0.717) is 0 Å². The van der Waals surface area contributed by atoms with Gasteiger partial charge in [0.15, 0.2) is 0 Å². The summed E-state index contributed by atoms with van der Waals surface area (Å²) in [5.74, 6) is 0. The van der Waals surface area contributed by atoms with Crippen LogP contribution in [-0.2, 0) is 4.74 Å². The van der Waals surface area contributed by atoms with Crippen LogP contribution in [0.15, 0.2) is 0 Å². The Balaban J connectivity index is 3.07. The second kappa shape index (κ2) is 12.3. The Bertz CT molecular complexity index is 154. The van der Waals surface area contributed by atoms with Crippen molar-refractivity contribution >= 4 is 0 Å². The van der Waals surface area contributed by atoms with Gasteiger partial charge in [-0.15, -0.1) is 0 Å². The molecule has 0 aromatic heterocycles. The van der Waals surface area contributed by atoms with E-state index in [0.717, 1.165) is 39.3 Å². The molecule has 0 saturated carbocycles. The van der Waals surface area contributed by atoms with Crippen LogP contribution in [0.25, 0.3) is 0 Å². The van der Waals surface area contributed by atoms with Crippen LogP contribution in [0.4, 0.5) is 0 Å². The first kappa shape index (κ1) is 16.8. The zero-order valence-corrected chi connectivity index (χ0v) is 12.0. The Labute approximate surface area is 107 Å². The summed E-state index contributed by atoms with van der Waals surface area (Å²) in [6.07, 6.45) is 4.79. The van der Waals surface area contributed by atoms with Gasteiger partial charge in [0, 0.05) is 13.2 Å². The number of unbranched alkanes of at least 4 members (excludes halogenated alkanes) is 2. The molecule has 17 heavy (non-hydrogen) atoms. The highest BCUT2D eigenvalue weighted by Gasteiger charge is 1.97. The van der Waals surface area contributed by atoms with E-state index in [2.05, 4.69) is 30.9 Å². The number of hydrogen-bond donors (Lipinski definition) is 1. The Morgan fingerprint density at radius 1 is 0.824 bits per heavy atom. The molecule has 0 aliphatic rings. The summed E-state index contributed by atoms with van der Waals surface area (Å²) in [5.41, 5.74) is 5.46. The zero-order chi connectivity index (χ0) is 12.9. The molecule has 0 heterocycles. The van der Waals surface area contributed by atoms with Crippen molar-refractivity contribution in [3.05, 3.63) is 0 Å². The SMILES string of the molecule is CN(C)CCCCCOCCN(C)CCCN. The molecule has 0 radical (unpaired) electrons. The molecule has 0 aromatic carbocycles. The van der Waals surface area contributed by atoms with Gasteiger partial charge < -0.3 is 20.3 Å². The molecule has 4 nitrogen and oxygen atoms in total. The molecular weight excluding hydrogens is 214 g/mol. The molecule has 0 aliphatic heterocycles. The lowest BCUT2D eigenvalue weighted by Crippen LogP contribution is -2.25. The summed E-state index contributed by atoms with van der Waals surface area (Å²) in [4.78, 5) is 4.51. The van der Waals surface area contributed by atoms with Crippen molar-refractivity contribution in [1.29, 1.82) is 0 Å². The molecule has 0 bridgehead atoms. The third kappa shape index (κ3) is 13.8. The molecule has 104 valence electrons. The normalized spacial score (nSPS) is 11.6. The second-order valence-electron chi connectivity index (χ2n) is 4.92. The van der Waals surface area contributed by atoms with E-state index in [-0.39, 0.29) is 0 Å². The number of nitrogens with two attached hydrogens (primary N) is 1. The van der Waals surface area contributed by atoms with Crippen molar-refractivity contribution < 1.29 is 4.74 Å². The minimum absolute atomic E-state index is 0.775. The van der Waals surface area contributed by atoms with Gasteiger partial charge in [-0.05, 0) is 66.5 Å². The molecule has 0 spiro atoms. The van der Waals surface area contributed by atoms with E-state index < -0.39 is 0 Å². The topological polar surface area (TPSA) is 41.7 Å². The van der Waals surface area contributed by atoms with Gasteiger partial charge in [0.2, 0.25) is 0 Å². The number of likely N-dealkylation sites (N-methyl/N-ethyl adjacent to an activating group) is 1. The Hall–Kier alpha value is -0.160. The lowest BCUT2D eigenvalue weighted by molar-refractivity contribution is 0.108. The van der Waals surface area contributed by atoms with Gasteiger partial charge in [0.25, 0.3) is 0 Å². The van der Waals surface area contributed by atoms with Gasteiger partial charge >= 0.3 is 0 Å². The van der Waals surface area contributed by atoms with Crippen molar-refractivity contribution in [2.45, 2.75) is 25.7 Å². The largest absolute Gasteiger partial charge is 0.380 e. The predicted octanol–water partition coefficient (Wildman–Crippen LogP) is 1.02. The fourth-order valence-electron chi connectivity index (χ4n) is 1.60. The van der Waals surface area contributed by atoms with E-state index in [1.165, 1.54) is 25.8 Å². The molecule has 0 rings (SSSR count). The van der Waals surface area contributed by atoms with Crippen LogP contribution >= 0.6 is 0 Å². The maximum Gasteiger partial charge on any atom is 0.0593 e. The van der Waals surface area contributed by atoms with E-state index in [4.69, 9.17) is 10.5 Å². The molecule has 0 unspecified atom stereocenters. The highest BCUT2D eigenvalue weighted by Crippen LogP contribution is 1.97. The average Bonchev–Trinajstić information content (AvgIpc) is 2.29. The highest BCUT2D eigenvalue weighted by molar-refractivity contribution is 4.51. The van der Waals surface area contributed by atoms with Crippen LogP contribution in [0.1, 0.15) is 25.7 Å². The molecule has 0 atom stereocenters. The van der Waals surface area contributed by atoms with Crippen LogP contribution in [0.2, 0.25) is 0 Å². The van der Waals surface area contributed by atoms with E-state index in [9.17, 15) is 0 Å². The maximum atomic E-state index is 5.60. The summed E-state index contributed by atoms with van der Waals surface area (Å²) in [5, 5.41) is 0. The second-order valence-corrected chi connectivity index (χ2v) is 4.92. The Morgan fingerprint density at radius 3 is 2.24 bits per heavy atom. The smallest absolute Gasteiger partial charge is 0.0593 e. The number of rotatable bonds is 12. The maximum absolute atomic E-state index is 5.60. The van der Waals surface area contributed by atoms with Gasteiger partial charge in [-0.1, -0.05) is 0 Å². The van der Waals surface area contributed by atoms with E-state index in [1.54, 1.807) is 0 Å². The van der Waals surface area contributed by atoms with Crippen LogP contribution in [-0.4, -0.2) is 70.3 Å². The van der Waals surface area contributed by atoms with Gasteiger partial charge in [-0.25, -0.2) is 0 Å². The number of ether oxygens (including phenoxy) is 1. The molecule has 0 amide bonds. The summed E-state index contributed by atoms with van der Waals surface area (Å²) in [6.45, 7) is 5.78. The third-order valence-corrected chi connectivity index (χ3v) is 2.76. The minimum Gasteiger partial charge on any atom is -0.380 e. The molecule has 0 aromatic rings. The summed E-state index contributed by atoms with van der Waals surface area (Å²) >= 11 is 0. The van der Waals surface area contributed by atoms with Gasteiger partial charge in [-0.3, -0.25) is 0 Å². The standard InChI is InChI=1S/C13H31N3O/c1-15(2)9-5-4-6-12-17-13-11-16(3)10-7-8-14/h4-14H2,1-3H3. The first-order valence-corrected chi connectivity index (χ1v) is 6.78. The van der Waals surface area contributed by atoms with Gasteiger partial charge in [0.05, 0.1) is 6.61 Å². The fourth-order valence-corrected chi connectivity index (χ4v) is 1.60. The van der Waals surface area contributed by atoms with Crippen LogP contribution in [0.3, 0.4) is 0 Å². The molecule has 4 heteroatoms. The summed E-state index contributed by atoms with van der Waals surface area (Å²) < 4.78 is 5.60. The lowest BCUT2D eigenvalue weighted by Gasteiger charge is -2.15. The van der Waals surface area contributed by atoms with Crippen molar-refractivity contribution in [1.82, 2.24) is 9.80 Å². The first-order chi connectivity index (χ1) is 8.16. The van der Waals surface area contributed by atoms with E-state index in [1.807, 2.05) is 0 Å². The van der Waals surface area contributed by atoms with Crippen molar-refractivity contribution in [2.24, 2.45) is 5.73 Å². The monoisotopic (exact) mass is 245 g/mol. The predicted molar refractivity (Wildman–Crippen MR) is 74.4 cm³/mol. The Morgan fingerprint density at radius 2 is 1.59 bits per heavy atom. The van der Waals surface area contributed by atoms with Crippen LogP contribution in [0, 0.1) is 0 Å². The van der Waals surface area contributed by atoms with Gasteiger partial charge in [0.1, 0.15) is 0 Å². The van der Waals surface area contributed by atoms with E-state index >= 15 is 0 Å². The van der Waals surface area contributed by atoms with Crippen LogP contribution in [0.5, 0.6) is 0 Å². The summed E-state index contributed by atoms with van der Waals surface area (Å²) in [7, 11) is 6.36. The van der Waals surface area contributed by atoms with Gasteiger partial charge in [-0.2, -0.15) is 0 Å². The fraction of sp³-hybridized carbons (Fsp3) is 1.00. The lowest BCUT2D eigenvalue weighted by atomic mass is 10.2. The van der Waals surface area contributed by atoms with Crippen LogP contribution < -0.4 is 5.73 Å². The Kier molecular flexibility index (Phi) is 12.2. The number of nitrogens with zero attached hydrogens (tertiary/aromatic N) is 2. The first-order valence-electron chi connectivity index (χ1n) is 6.78. The van der Waals surface area contributed by atoms with Crippen molar-refractivity contribution in [3.8, 4) is 0 Å². The zero-order valence-electron chi connectivity index (χ0n) is 12.0. The minimum atomic E-state index is 0.775. The molecule has 0 aliphatic carbocycles. The quantitative estimate of drug-likeness (QED) is 0.521. The van der Waals surface area contributed by atoms with Crippen molar-refractivity contribution in [2.75, 3.05) is 60.5 Å². The average molecular weight is 245 g/mol. The summed E-state index contributed by atoms with van der Waals surface area (Å²) in [6, 6.07) is 0. The molecule has 0 fully saturated rings. The van der Waals surface area contributed by atoms with Crippen molar-refractivity contribution in [3.63, 3.8) is 0 Å². The molecule has 0 saturated heterocycles. The highest BCUT2D eigenvalue weighted by atomic mass is 16.5.